The molecular weight excluding hydrogens is 166 g/mol. The molecular formula is C10H13NO2. The minimum Gasteiger partial charge on any atom is -0.484 e. The Morgan fingerprint density at radius 1 is 1.54 bits per heavy atom. The van der Waals surface area contributed by atoms with E-state index in [1.165, 1.54) is 6.92 Å². The molecule has 0 N–H and O–H groups in total. The Bertz CT molecular complexity index is 321. The number of ketones is 1. The number of rotatable bonds is 3. The standard InChI is InChI=1S/C10H13NO2/c1-7-4-8(2)11-5-10(7)13-6-9(3)12/h4-5H,6H2,1-3H3. The Balaban J connectivity index is 2.72. The smallest absolute Gasteiger partial charge is 0.167 e. The van der Waals surface area contributed by atoms with Crippen LogP contribution in [0.3, 0.4) is 0 Å². The molecule has 0 amide bonds. The Kier molecular flexibility index (Phi) is 3.01. The van der Waals surface area contributed by atoms with Gasteiger partial charge in [0.25, 0.3) is 0 Å². The summed E-state index contributed by atoms with van der Waals surface area (Å²) < 4.78 is 5.24. The van der Waals surface area contributed by atoms with Gasteiger partial charge in [-0.05, 0) is 32.4 Å². The molecule has 1 aromatic heterocycles. The van der Waals surface area contributed by atoms with Gasteiger partial charge in [0, 0.05) is 5.69 Å². The molecule has 0 spiro atoms. The molecule has 0 atom stereocenters. The molecule has 3 nitrogen and oxygen atoms in total. The number of hydrogen-bond donors (Lipinski definition) is 0. The van der Waals surface area contributed by atoms with Gasteiger partial charge in [-0.2, -0.15) is 0 Å². The van der Waals surface area contributed by atoms with Crippen molar-refractivity contribution < 1.29 is 9.53 Å². The van der Waals surface area contributed by atoms with Crippen molar-refractivity contribution >= 4 is 5.78 Å². The molecule has 0 aromatic carbocycles. The normalized spacial score (nSPS) is 9.77. The van der Waals surface area contributed by atoms with E-state index in [1.807, 2.05) is 19.9 Å². The highest BCUT2D eigenvalue weighted by molar-refractivity contribution is 5.77. The van der Waals surface area contributed by atoms with Gasteiger partial charge >= 0.3 is 0 Å². The van der Waals surface area contributed by atoms with Crippen LogP contribution in [-0.2, 0) is 4.79 Å². The number of hydrogen-bond acceptors (Lipinski definition) is 3. The fourth-order valence-electron chi connectivity index (χ4n) is 1.01. The number of aryl methyl sites for hydroxylation is 2. The zero-order valence-corrected chi connectivity index (χ0v) is 8.13. The molecule has 1 heterocycles. The van der Waals surface area contributed by atoms with E-state index < -0.39 is 0 Å². The molecule has 1 aromatic rings. The van der Waals surface area contributed by atoms with Crippen molar-refractivity contribution in [1.82, 2.24) is 4.98 Å². The number of pyridine rings is 1. The van der Waals surface area contributed by atoms with Crippen molar-refractivity contribution in [1.29, 1.82) is 0 Å². The lowest BCUT2D eigenvalue weighted by Crippen LogP contribution is -2.07. The number of Topliss-reactive ketones (excluding diaryl/α,β-unsaturated/α-hetero) is 1. The largest absolute Gasteiger partial charge is 0.484 e. The summed E-state index contributed by atoms with van der Waals surface area (Å²) in [7, 11) is 0. The van der Waals surface area contributed by atoms with Gasteiger partial charge in [0.15, 0.2) is 5.78 Å². The maximum absolute atomic E-state index is 10.6. The Hall–Kier alpha value is -1.38. The molecule has 1 rings (SSSR count). The third-order valence-corrected chi connectivity index (χ3v) is 1.63. The van der Waals surface area contributed by atoms with Gasteiger partial charge < -0.3 is 4.74 Å². The highest BCUT2D eigenvalue weighted by Gasteiger charge is 2.01. The van der Waals surface area contributed by atoms with Crippen LogP contribution < -0.4 is 4.74 Å². The van der Waals surface area contributed by atoms with Crippen LogP contribution in [0.1, 0.15) is 18.2 Å². The summed E-state index contributed by atoms with van der Waals surface area (Å²) in [4.78, 5) is 14.7. The molecule has 0 aliphatic heterocycles. The minimum atomic E-state index is 0.0139. The summed E-state index contributed by atoms with van der Waals surface area (Å²) in [6, 6.07) is 1.93. The summed E-state index contributed by atoms with van der Waals surface area (Å²) in [5, 5.41) is 0. The second kappa shape index (κ2) is 4.03. The van der Waals surface area contributed by atoms with Crippen molar-refractivity contribution in [2.24, 2.45) is 0 Å². The highest BCUT2D eigenvalue weighted by Crippen LogP contribution is 2.16. The molecule has 70 valence electrons. The van der Waals surface area contributed by atoms with E-state index in [1.54, 1.807) is 6.20 Å². The molecule has 0 aliphatic rings. The maximum Gasteiger partial charge on any atom is 0.167 e. The van der Waals surface area contributed by atoms with E-state index in [4.69, 9.17) is 4.74 Å². The first-order valence-electron chi connectivity index (χ1n) is 4.15. The molecule has 0 saturated carbocycles. The molecule has 0 unspecified atom stereocenters. The average molecular weight is 179 g/mol. The van der Waals surface area contributed by atoms with Crippen LogP contribution in [0.25, 0.3) is 0 Å². The third-order valence-electron chi connectivity index (χ3n) is 1.63. The van der Waals surface area contributed by atoms with E-state index in [2.05, 4.69) is 4.98 Å². The van der Waals surface area contributed by atoms with Gasteiger partial charge in [0.2, 0.25) is 0 Å². The Morgan fingerprint density at radius 3 is 2.77 bits per heavy atom. The highest BCUT2D eigenvalue weighted by atomic mass is 16.5. The van der Waals surface area contributed by atoms with Crippen molar-refractivity contribution in [3.63, 3.8) is 0 Å². The van der Waals surface area contributed by atoms with Crippen LogP contribution in [0.4, 0.5) is 0 Å². The number of nitrogens with zero attached hydrogens (tertiary/aromatic N) is 1. The number of aromatic nitrogens is 1. The summed E-state index contributed by atoms with van der Waals surface area (Å²) in [6.45, 7) is 5.47. The first-order valence-corrected chi connectivity index (χ1v) is 4.15. The van der Waals surface area contributed by atoms with Crippen molar-refractivity contribution in [3.05, 3.63) is 23.5 Å². The quantitative estimate of drug-likeness (QED) is 0.708. The van der Waals surface area contributed by atoms with Crippen LogP contribution in [0.2, 0.25) is 0 Å². The molecule has 3 heteroatoms. The lowest BCUT2D eigenvalue weighted by atomic mass is 10.2. The minimum absolute atomic E-state index is 0.0139. The predicted octanol–water partition coefficient (Wildman–Crippen LogP) is 1.67. The van der Waals surface area contributed by atoms with E-state index in [-0.39, 0.29) is 12.4 Å². The second-order valence-corrected chi connectivity index (χ2v) is 3.08. The zero-order valence-electron chi connectivity index (χ0n) is 8.13. The van der Waals surface area contributed by atoms with Crippen molar-refractivity contribution in [2.45, 2.75) is 20.8 Å². The number of carbonyl (C=O) groups is 1. The Labute approximate surface area is 77.8 Å². The van der Waals surface area contributed by atoms with Crippen LogP contribution in [0.15, 0.2) is 12.3 Å². The summed E-state index contributed by atoms with van der Waals surface area (Å²) >= 11 is 0. The lowest BCUT2D eigenvalue weighted by molar-refractivity contribution is -0.118. The zero-order chi connectivity index (χ0) is 9.84. The molecule has 13 heavy (non-hydrogen) atoms. The van der Waals surface area contributed by atoms with Crippen molar-refractivity contribution in [3.8, 4) is 5.75 Å². The van der Waals surface area contributed by atoms with E-state index in [0.717, 1.165) is 11.3 Å². The van der Waals surface area contributed by atoms with Crippen LogP contribution >= 0.6 is 0 Å². The van der Waals surface area contributed by atoms with E-state index >= 15 is 0 Å². The SMILES string of the molecule is CC(=O)COc1cnc(C)cc1C. The fraction of sp³-hybridized carbons (Fsp3) is 0.400. The van der Waals surface area contributed by atoms with Gasteiger partial charge in [-0.3, -0.25) is 9.78 Å². The van der Waals surface area contributed by atoms with Gasteiger partial charge in [0.05, 0.1) is 6.20 Å². The van der Waals surface area contributed by atoms with Crippen LogP contribution in [0.5, 0.6) is 5.75 Å². The lowest BCUT2D eigenvalue weighted by Gasteiger charge is -2.06. The van der Waals surface area contributed by atoms with Gasteiger partial charge in [-0.25, -0.2) is 0 Å². The first-order chi connectivity index (χ1) is 6.09. The topological polar surface area (TPSA) is 39.2 Å². The third kappa shape index (κ3) is 2.86. The molecule has 0 fully saturated rings. The van der Waals surface area contributed by atoms with Crippen LogP contribution in [-0.4, -0.2) is 17.4 Å². The molecule has 0 saturated heterocycles. The molecule has 0 radical (unpaired) electrons. The second-order valence-electron chi connectivity index (χ2n) is 3.08. The maximum atomic E-state index is 10.6. The van der Waals surface area contributed by atoms with E-state index in [9.17, 15) is 4.79 Å². The van der Waals surface area contributed by atoms with Gasteiger partial charge in [-0.1, -0.05) is 0 Å². The van der Waals surface area contributed by atoms with Gasteiger partial charge in [0.1, 0.15) is 12.4 Å². The summed E-state index contributed by atoms with van der Waals surface area (Å²) in [5.41, 5.74) is 1.96. The van der Waals surface area contributed by atoms with Gasteiger partial charge in [-0.15, -0.1) is 0 Å². The number of ether oxygens (including phenoxy) is 1. The number of carbonyl (C=O) groups excluding carboxylic acids is 1. The summed E-state index contributed by atoms with van der Waals surface area (Å²) in [6.07, 6.45) is 1.65. The monoisotopic (exact) mass is 179 g/mol. The first kappa shape index (κ1) is 9.71. The predicted molar refractivity (Wildman–Crippen MR) is 49.9 cm³/mol. The summed E-state index contributed by atoms with van der Waals surface area (Å²) in [5.74, 6) is 0.695. The fourth-order valence-corrected chi connectivity index (χ4v) is 1.01. The average Bonchev–Trinajstić information content (AvgIpc) is 2.02. The van der Waals surface area contributed by atoms with Crippen LogP contribution in [0, 0.1) is 13.8 Å². The van der Waals surface area contributed by atoms with E-state index in [0.29, 0.717) is 5.75 Å². The van der Waals surface area contributed by atoms with Crippen molar-refractivity contribution in [2.75, 3.05) is 6.61 Å². The molecule has 0 bridgehead atoms. The Morgan fingerprint density at radius 2 is 2.23 bits per heavy atom. The molecule has 0 aliphatic carbocycles.